The van der Waals surface area contributed by atoms with E-state index in [-0.39, 0.29) is 0 Å². The van der Waals surface area contributed by atoms with Gasteiger partial charge in [-0.15, -0.1) is 0 Å². The highest BCUT2D eigenvalue weighted by Crippen LogP contribution is 2.39. The molecule has 0 rings (SSSR count). The van der Waals surface area contributed by atoms with Crippen LogP contribution in [0.5, 0.6) is 0 Å². The topological polar surface area (TPSA) is 0 Å². The molecule has 0 aromatic heterocycles. The third kappa shape index (κ3) is 14.3. The van der Waals surface area contributed by atoms with Crippen LogP contribution in [-0.4, -0.2) is 0 Å². The summed E-state index contributed by atoms with van der Waals surface area (Å²) in [5.74, 6) is 4.76. The summed E-state index contributed by atoms with van der Waals surface area (Å²) in [6.45, 7) is 4.52. The Bertz CT molecular complexity index is 154. The van der Waals surface area contributed by atoms with E-state index >= 15 is 0 Å². The smallest absolute Gasteiger partial charge is 0.0347 e. The summed E-state index contributed by atoms with van der Waals surface area (Å²) < 4.78 is 0. The summed E-state index contributed by atoms with van der Waals surface area (Å²) in [5, 5.41) is 0. The van der Waals surface area contributed by atoms with Gasteiger partial charge in [0.25, 0.3) is 0 Å². The highest BCUT2D eigenvalue weighted by atomic mass is 32.0. The molecule has 0 spiro atoms. The molecular weight excluding hydrogens is 230 g/mol. The van der Waals surface area contributed by atoms with Gasteiger partial charge < -0.3 is 0 Å². The van der Waals surface area contributed by atoms with Crippen molar-refractivity contribution in [2.24, 2.45) is 0 Å². The van der Waals surface area contributed by atoms with Crippen molar-refractivity contribution in [2.75, 3.05) is 0 Å². The molecule has 0 heterocycles. The Hall–Kier alpha value is 0.340. The normalized spacial score (nSPS) is 13.4. The fraction of sp³-hybridized carbons (Fsp3) is 0.714. The Kier molecular flexibility index (Phi) is 15.7. The van der Waals surface area contributed by atoms with Gasteiger partial charge in [-0.1, -0.05) is 79.9 Å². The predicted octanol–water partition coefficient (Wildman–Crippen LogP) is 6.45. The van der Waals surface area contributed by atoms with Gasteiger partial charge in [-0.05, 0) is 25.7 Å². The molecule has 2 unspecified atom stereocenters. The van der Waals surface area contributed by atoms with Gasteiger partial charge in [0, 0.05) is 0 Å². The molecule has 0 saturated heterocycles. The second-order valence-corrected chi connectivity index (χ2v) is 7.06. The fourth-order valence-corrected chi connectivity index (χ4v) is 3.45. The zero-order valence-corrected chi connectivity index (χ0v) is 13.0. The van der Waals surface area contributed by atoms with Gasteiger partial charge in [0.2, 0.25) is 0 Å². The molecule has 0 amide bonds. The van der Waals surface area contributed by atoms with Crippen LogP contribution in [-0.2, 0) is 0 Å². The zero-order valence-electron chi connectivity index (χ0n) is 11.0. The number of allylic oxidation sites excluding steroid dienone is 2. The molecule has 0 fully saturated rings. The lowest BCUT2D eigenvalue weighted by Crippen LogP contribution is -1.69. The average molecular weight is 258 g/mol. The van der Waals surface area contributed by atoms with E-state index in [1.807, 2.05) is 0 Å². The van der Waals surface area contributed by atoms with Crippen LogP contribution in [0.25, 0.3) is 0 Å². The third-order valence-corrected chi connectivity index (χ3v) is 4.91. The molecular formula is C14H28P2. The van der Waals surface area contributed by atoms with E-state index in [0.29, 0.717) is 0 Å². The van der Waals surface area contributed by atoms with Gasteiger partial charge in [0.15, 0.2) is 0 Å². The van der Waals surface area contributed by atoms with Crippen molar-refractivity contribution in [1.82, 2.24) is 0 Å². The first-order chi connectivity index (χ1) is 7.91. The standard InChI is InChI=1S/C14H28P2/c1-3-5-7-9-11-13-15-16-14-12-10-8-6-4-2/h11-16H,3-10H2,1-2H3/b13-11+,14-12+. The van der Waals surface area contributed by atoms with Crippen molar-refractivity contribution in [2.45, 2.75) is 65.2 Å². The number of hydrogen-bond acceptors (Lipinski definition) is 0. The van der Waals surface area contributed by atoms with Crippen molar-refractivity contribution < 1.29 is 0 Å². The molecule has 0 aromatic carbocycles. The molecule has 16 heavy (non-hydrogen) atoms. The molecule has 94 valence electrons. The molecule has 0 bridgehead atoms. The second-order valence-electron chi connectivity index (χ2n) is 4.08. The van der Waals surface area contributed by atoms with Crippen molar-refractivity contribution in [1.29, 1.82) is 0 Å². The van der Waals surface area contributed by atoms with Crippen molar-refractivity contribution in [3.8, 4) is 0 Å². The minimum Gasteiger partial charge on any atom is -0.0840 e. The third-order valence-electron chi connectivity index (χ3n) is 2.43. The molecule has 0 aliphatic rings. The van der Waals surface area contributed by atoms with Crippen LogP contribution in [0.3, 0.4) is 0 Å². The summed E-state index contributed by atoms with van der Waals surface area (Å²) in [6.07, 6.45) is 15.5. The molecule has 2 atom stereocenters. The van der Waals surface area contributed by atoms with E-state index in [1.54, 1.807) is 0 Å². The van der Waals surface area contributed by atoms with Crippen LogP contribution in [0.1, 0.15) is 65.2 Å². The first-order valence-electron chi connectivity index (χ1n) is 6.72. The lowest BCUT2D eigenvalue weighted by molar-refractivity contribution is 0.729. The van der Waals surface area contributed by atoms with Gasteiger partial charge in [0.05, 0.1) is 0 Å². The van der Waals surface area contributed by atoms with E-state index in [1.165, 1.54) is 51.4 Å². The average Bonchev–Trinajstić information content (AvgIpc) is 2.31. The van der Waals surface area contributed by atoms with Crippen LogP contribution in [0, 0.1) is 0 Å². The molecule has 0 aliphatic heterocycles. The van der Waals surface area contributed by atoms with Crippen molar-refractivity contribution in [3.05, 3.63) is 23.8 Å². The van der Waals surface area contributed by atoms with E-state index in [2.05, 4.69) is 37.6 Å². The van der Waals surface area contributed by atoms with Crippen LogP contribution in [0.15, 0.2) is 23.8 Å². The maximum absolute atomic E-state index is 2.38. The minimum absolute atomic E-state index is 1.02. The molecule has 0 nitrogen and oxygen atoms in total. The zero-order chi connectivity index (χ0) is 11.9. The summed E-state index contributed by atoms with van der Waals surface area (Å²) >= 11 is 0. The quantitative estimate of drug-likeness (QED) is 0.295. The van der Waals surface area contributed by atoms with Crippen LogP contribution < -0.4 is 0 Å². The largest absolute Gasteiger partial charge is 0.0840 e. The highest BCUT2D eigenvalue weighted by Gasteiger charge is 1.83. The number of rotatable bonds is 11. The maximum Gasteiger partial charge on any atom is -0.0347 e. The fourth-order valence-electron chi connectivity index (χ4n) is 1.41. The Balaban J connectivity index is 3.12. The summed E-state index contributed by atoms with van der Waals surface area (Å²) in [4.78, 5) is 0. The summed E-state index contributed by atoms with van der Waals surface area (Å²) in [5.41, 5.74) is 0. The first-order valence-corrected chi connectivity index (χ1v) is 9.88. The second kappa shape index (κ2) is 15.3. The Morgan fingerprint density at radius 1 is 0.688 bits per heavy atom. The number of unbranched alkanes of at least 4 members (excludes halogenated alkanes) is 6. The lowest BCUT2D eigenvalue weighted by atomic mass is 10.2. The molecule has 0 radical (unpaired) electrons. The van der Waals surface area contributed by atoms with Gasteiger partial charge in [0.1, 0.15) is 0 Å². The predicted molar refractivity (Wildman–Crippen MR) is 83.2 cm³/mol. The monoisotopic (exact) mass is 258 g/mol. The lowest BCUT2D eigenvalue weighted by Gasteiger charge is -1.93. The van der Waals surface area contributed by atoms with E-state index in [9.17, 15) is 0 Å². The van der Waals surface area contributed by atoms with Crippen LogP contribution >= 0.6 is 16.5 Å². The van der Waals surface area contributed by atoms with Crippen LogP contribution in [0.4, 0.5) is 0 Å². The van der Waals surface area contributed by atoms with Gasteiger partial charge in [-0.2, -0.15) is 0 Å². The van der Waals surface area contributed by atoms with Crippen molar-refractivity contribution >= 4 is 16.5 Å². The van der Waals surface area contributed by atoms with Gasteiger partial charge in [-0.3, -0.25) is 0 Å². The van der Waals surface area contributed by atoms with Crippen LogP contribution in [0.2, 0.25) is 0 Å². The highest BCUT2D eigenvalue weighted by molar-refractivity contribution is 8.14. The SMILES string of the molecule is CCCCC/C=C/PP/C=C/CCCCC. The van der Waals surface area contributed by atoms with Crippen molar-refractivity contribution in [3.63, 3.8) is 0 Å². The van der Waals surface area contributed by atoms with Gasteiger partial charge in [-0.25, -0.2) is 0 Å². The molecule has 0 aromatic rings. The van der Waals surface area contributed by atoms with E-state index in [0.717, 1.165) is 16.5 Å². The summed E-state index contributed by atoms with van der Waals surface area (Å²) in [7, 11) is 2.03. The van der Waals surface area contributed by atoms with E-state index < -0.39 is 0 Å². The first kappa shape index (κ1) is 16.3. The molecule has 0 aliphatic carbocycles. The summed E-state index contributed by atoms with van der Waals surface area (Å²) in [6, 6.07) is 0. The van der Waals surface area contributed by atoms with Gasteiger partial charge >= 0.3 is 0 Å². The van der Waals surface area contributed by atoms with E-state index in [4.69, 9.17) is 0 Å². The minimum atomic E-state index is 1.02. The Morgan fingerprint density at radius 2 is 1.12 bits per heavy atom. The molecule has 2 heteroatoms. The Morgan fingerprint density at radius 3 is 1.50 bits per heavy atom. The molecule has 0 N–H and O–H groups in total. The number of hydrogen-bond donors (Lipinski definition) is 0. The maximum atomic E-state index is 2.38. The molecule has 0 saturated carbocycles. The Labute approximate surface area is 106 Å².